The molecule has 3 rings (SSSR count). The van der Waals surface area contributed by atoms with Crippen molar-refractivity contribution < 1.29 is 19.1 Å². The van der Waals surface area contributed by atoms with Gasteiger partial charge in [0.2, 0.25) is 5.78 Å². The Morgan fingerprint density at radius 1 is 1.22 bits per heavy atom. The highest BCUT2D eigenvalue weighted by Gasteiger charge is 2.28. The standard InChI is InChI=1S/C19H16O4/c1-3-18(20)22-14-8-9-15-16(11-14)23-17(19(15)21)10-13-7-5-4-6-12(13)2/h4-11H,3H2,1-2H3/b17-10+. The maximum Gasteiger partial charge on any atom is 0.310 e. The van der Waals surface area contributed by atoms with Gasteiger partial charge in [-0.05, 0) is 36.3 Å². The van der Waals surface area contributed by atoms with Crippen LogP contribution in [0.3, 0.4) is 0 Å². The molecule has 1 heterocycles. The minimum Gasteiger partial charge on any atom is -0.452 e. The van der Waals surface area contributed by atoms with Crippen LogP contribution in [0.5, 0.6) is 11.5 Å². The van der Waals surface area contributed by atoms with Gasteiger partial charge in [0.05, 0.1) is 5.56 Å². The number of ketones is 1. The van der Waals surface area contributed by atoms with Gasteiger partial charge in [0.15, 0.2) is 5.76 Å². The molecule has 0 spiro atoms. The summed E-state index contributed by atoms with van der Waals surface area (Å²) in [6, 6.07) is 12.5. The molecule has 4 heteroatoms. The number of carbonyl (C=O) groups excluding carboxylic acids is 2. The van der Waals surface area contributed by atoms with Crippen LogP contribution in [0.15, 0.2) is 48.2 Å². The highest BCUT2D eigenvalue weighted by molar-refractivity contribution is 6.14. The summed E-state index contributed by atoms with van der Waals surface area (Å²) in [6.45, 7) is 3.69. The number of Topliss-reactive ketones (excluding diaryl/α,β-unsaturated/α-hetero) is 1. The fourth-order valence-corrected chi connectivity index (χ4v) is 2.32. The topological polar surface area (TPSA) is 52.6 Å². The Labute approximate surface area is 134 Å². The summed E-state index contributed by atoms with van der Waals surface area (Å²) in [6.07, 6.45) is 2.02. The van der Waals surface area contributed by atoms with E-state index < -0.39 is 0 Å². The number of aryl methyl sites for hydroxylation is 1. The second-order valence-corrected chi connectivity index (χ2v) is 5.28. The Morgan fingerprint density at radius 3 is 2.74 bits per heavy atom. The molecule has 0 atom stereocenters. The van der Waals surface area contributed by atoms with E-state index in [0.29, 0.717) is 17.1 Å². The molecule has 0 aliphatic carbocycles. The molecule has 23 heavy (non-hydrogen) atoms. The SMILES string of the molecule is CCC(=O)Oc1ccc2c(c1)O/C(=C/c1ccccc1C)C2=O. The molecule has 0 radical (unpaired) electrons. The zero-order valence-electron chi connectivity index (χ0n) is 13.0. The summed E-state index contributed by atoms with van der Waals surface area (Å²) >= 11 is 0. The van der Waals surface area contributed by atoms with Crippen molar-refractivity contribution in [2.45, 2.75) is 20.3 Å². The van der Waals surface area contributed by atoms with Gasteiger partial charge in [0.1, 0.15) is 11.5 Å². The predicted octanol–water partition coefficient (Wildman–Crippen LogP) is 3.93. The van der Waals surface area contributed by atoms with Gasteiger partial charge in [-0.25, -0.2) is 0 Å². The van der Waals surface area contributed by atoms with Gasteiger partial charge in [-0.1, -0.05) is 31.2 Å². The highest BCUT2D eigenvalue weighted by atomic mass is 16.5. The zero-order valence-corrected chi connectivity index (χ0v) is 13.0. The van der Waals surface area contributed by atoms with E-state index in [1.807, 2.05) is 31.2 Å². The first-order valence-corrected chi connectivity index (χ1v) is 7.43. The predicted molar refractivity (Wildman–Crippen MR) is 86.5 cm³/mol. The van der Waals surface area contributed by atoms with E-state index in [-0.39, 0.29) is 23.9 Å². The van der Waals surface area contributed by atoms with E-state index in [4.69, 9.17) is 9.47 Å². The van der Waals surface area contributed by atoms with Gasteiger partial charge in [-0.15, -0.1) is 0 Å². The van der Waals surface area contributed by atoms with Gasteiger partial charge >= 0.3 is 5.97 Å². The number of carbonyl (C=O) groups is 2. The molecule has 1 aliphatic rings. The molecule has 4 nitrogen and oxygen atoms in total. The number of benzene rings is 2. The maximum absolute atomic E-state index is 12.4. The number of esters is 1. The van der Waals surface area contributed by atoms with Crippen molar-refractivity contribution in [2.75, 3.05) is 0 Å². The van der Waals surface area contributed by atoms with Crippen LogP contribution in [0.4, 0.5) is 0 Å². The Kier molecular flexibility index (Phi) is 3.98. The summed E-state index contributed by atoms with van der Waals surface area (Å²) < 4.78 is 10.8. The largest absolute Gasteiger partial charge is 0.452 e. The van der Waals surface area contributed by atoms with Crippen molar-refractivity contribution in [3.8, 4) is 11.5 Å². The molecular formula is C19H16O4. The van der Waals surface area contributed by atoms with E-state index in [1.54, 1.807) is 31.2 Å². The van der Waals surface area contributed by atoms with Crippen LogP contribution in [0, 0.1) is 6.92 Å². The van der Waals surface area contributed by atoms with Crippen LogP contribution in [0.1, 0.15) is 34.8 Å². The van der Waals surface area contributed by atoms with Gasteiger partial charge in [0.25, 0.3) is 0 Å². The monoisotopic (exact) mass is 308 g/mol. The van der Waals surface area contributed by atoms with Gasteiger partial charge in [-0.2, -0.15) is 0 Å². The third-order valence-electron chi connectivity index (χ3n) is 3.64. The lowest BCUT2D eigenvalue weighted by Gasteiger charge is -2.04. The van der Waals surface area contributed by atoms with Crippen molar-refractivity contribution in [1.29, 1.82) is 0 Å². The number of fused-ring (bicyclic) bond motifs is 1. The summed E-state index contributed by atoms with van der Waals surface area (Å²) in [5.74, 6) is 0.562. The minimum absolute atomic E-state index is 0.170. The zero-order chi connectivity index (χ0) is 16.4. The Morgan fingerprint density at radius 2 is 2.00 bits per heavy atom. The molecule has 0 N–H and O–H groups in total. The molecule has 0 saturated heterocycles. The average Bonchev–Trinajstić information content (AvgIpc) is 2.85. The van der Waals surface area contributed by atoms with Crippen molar-refractivity contribution in [1.82, 2.24) is 0 Å². The van der Waals surface area contributed by atoms with Crippen molar-refractivity contribution in [2.24, 2.45) is 0 Å². The van der Waals surface area contributed by atoms with E-state index in [9.17, 15) is 9.59 Å². The lowest BCUT2D eigenvalue weighted by Crippen LogP contribution is -2.05. The Balaban J connectivity index is 1.90. The number of ether oxygens (including phenoxy) is 2. The fraction of sp³-hybridized carbons (Fsp3) is 0.158. The van der Waals surface area contributed by atoms with Crippen molar-refractivity contribution >= 4 is 17.8 Å². The summed E-state index contributed by atoms with van der Waals surface area (Å²) in [4.78, 5) is 23.7. The first-order chi connectivity index (χ1) is 11.1. The number of hydrogen-bond acceptors (Lipinski definition) is 4. The van der Waals surface area contributed by atoms with Crippen LogP contribution < -0.4 is 9.47 Å². The quantitative estimate of drug-likeness (QED) is 0.490. The number of allylic oxidation sites excluding steroid dienone is 1. The van der Waals surface area contributed by atoms with Crippen LogP contribution in [0.25, 0.3) is 6.08 Å². The third kappa shape index (κ3) is 3.01. The van der Waals surface area contributed by atoms with Crippen LogP contribution >= 0.6 is 0 Å². The molecule has 0 saturated carbocycles. The summed E-state index contributed by atoms with van der Waals surface area (Å²) in [5, 5.41) is 0. The van der Waals surface area contributed by atoms with Gasteiger partial charge < -0.3 is 9.47 Å². The molecule has 1 aliphatic heterocycles. The lowest BCUT2D eigenvalue weighted by atomic mass is 10.1. The molecule has 116 valence electrons. The smallest absolute Gasteiger partial charge is 0.310 e. The minimum atomic E-state index is -0.329. The average molecular weight is 308 g/mol. The number of hydrogen-bond donors (Lipinski definition) is 0. The van der Waals surface area contributed by atoms with E-state index in [1.165, 1.54) is 0 Å². The summed E-state index contributed by atoms with van der Waals surface area (Å²) in [5.41, 5.74) is 2.47. The molecule has 2 aromatic rings. The van der Waals surface area contributed by atoms with E-state index in [2.05, 4.69) is 0 Å². The fourth-order valence-electron chi connectivity index (χ4n) is 2.32. The van der Waals surface area contributed by atoms with Crippen LogP contribution in [-0.4, -0.2) is 11.8 Å². The van der Waals surface area contributed by atoms with E-state index in [0.717, 1.165) is 11.1 Å². The Bertz CT molecular complexity index is 818. The van der Waals surface area contributed by atoms with Gasteiger partial charge in [-0.3, -0.25) is 9.59 Å². The van der Waals surface area contributed by atoms with Crippen molar-refractivity contribution in [3.63, 3.8) is 0 Å². The molecule has 0 bridgehead atoms. The first kappa shape index (κ1) is 15.0. The molecular weight excluding hydrogens is 292 g/mol. The maximum atomic E-state index is 12.4. The third-order valence-corrected chi connectivity index (χ3v) is 3.64. The first-order valence-electron chi connectivity index (χ1n) is 7.43. The molecule has 0 unspecified atom stereocenters. The lowest BCUT2D eigenvalue weighted by molar-refractivity contribution is -0.134. The molecule has 0 amide bonds. The van der Waals surface area contributed by atoms with Crippen LogP contribution in [-0.2, 0) is 4.79 Å². The van der Waals surface area contributed by atoms with E-state index >= 15 is 0 Å². The number of rotatable bonds is 3. The van der Waals surface area contributed by atoms with Crippen molar-refractivity contribution in [3.05, 3.63) is 64.9 Å². The normalized spacial score (nSPS) is 14.5. The van der Waals surface area contributed by atoms with Gasteiger partial charge in [0, 0.05) is 12.5 Å². The molecule has 0 aromatic heterocycles. The van der Waals surface area contributed by atoms with Crippen LogP contribution in [0.2, 0.25) is 0 Å². The Hall–Kier alpha value is -2.88. The second kappa shape index (κ2) is 6.08. The second-order valence-electron chi connectivity index (χ2n) is 5.28. The molecule has 0 fully saturated rings. The molecule has 2 aromatic carbocycles. The highest BCUT2D eigenvalue weighted by Crippen LogP contribution is 2.35. The summed E-state index contributed by atoms with van der Waals surface area (Å²) in [7, 11) is 0.